The minimum atomic E-state index is -0.516. The molecular formula is C19H21ClFN3O2. The number of amides is 1. The van der Waals surface area contributed by atoms with Gasteiger partial charge < -0.3 is 15.3 Å². The molecule has 5 nitrogen and oxygen atoms in total. The number of piperazine rings is 1. The number of hydrogen-bond acceptors (Lipinski definition) is 4. The van der Waals surface area contributed by atoms with Gasteiger partial charge in [0.1, 0.15) is 11.6 Å². The van der Waals surface area contributed by atoms with Crippen molar-refractivity contribution in [1.82, 2.24) is 4.90 Å². The van der Waals surface area contributed by atoms with Crippen LogP contribution in [-0.4, -0.2) is 48.1 Å². The normalized spacial score (nSPS) is 16.3. The lowest BCUT2D eigenvalue weighted by molar-refractivity contribution is -0.120. The molecule has 0 saturated carbocycles. The maximum atomic E-state index is 13.2. The van der Waals surface area contributed by atoms with Crippen LogP contribution in [0.4, 0.5) is 15.8 Å². The van der Waals surface area contributed by atoms with Crippen LogP contribution in [0, 0.1) is 5.82 Å². The summed E-state index contributed by atoms with van der Waals surface area (Å²) in [5, 5.41) is 12.7. The van der Waals surface area contributed by atoms with Crippen molar-refractivity contribution in [2.75, 3.05) is 36.4 Å². The molecule has 0 aromatic heterocycles. The number of phenols is 1. The summed E-state index contributed by atoms with van der Waals surface area (Å²) >= 11 is 5.75. The average molecular weight is 378 g/mol. The molecule has 138 valence electrons. The number of phenolic OH excluding ortho intramolecular Hbond substituents is 1. The first-order valence-electron chi connectivity index (χ1n) is 8.48. The van der Waals surface area contributed by atoms with E-state index >= 15 is 0 Å². The number of halogens is 2. The van der Waals surface area contributed by atoms with Gasteiger partial charge in [0.2, 0.25) is 5.91 Å². The van der Waals surface area contributed by atoms with E-state index in [1.807, 2.05) is 19.1 Å². The van der Waals surface area contributed by atoms with Crippen molar-refractivity contribution in [1.29, 1.82) is 0 Å². The Hall–Kier alpha value is -2.31. The number of para-hydroxylation sites is 2. The number of hydrogen-bond donors (Lipinski definition) is 2. The van der Waals surface area contributed by atoms with Crippen LogP contribution >= 0.6 is 11.6 Å². The Bertz CT molecular complexity index is 794. The van der Waals surface area contributed by atoms with Crippen LogP contribution in [-0.2, 0) is 4.79 Å². The highest BCUT2D eigenvalue weighted by atomic mass is 35.5. The number of carbonyl (C=O) groups excluding carboxylic acids is 1. The van der Waals surface area contributed by atoms with Crippen molar-refractivity contribution >= 4 is 28.9 Å². The zero-order valence-corrected chi connectivity index (χ0v) is 15.2. The number of rotatable bonds is 4. The largest absolute Gasteiger partial charge is 0.506 e. The second-order valence-corrected chi connectivity index (χ2v) is 6.71. The summed E-state index contributed by atoms with van der Waals surface area (Å²) in [4.78, 5) is 16.7. The monoisotopic (exact) mass is 377 g/mol. The highest BCUT2D eigenvalue weighted by Crippen LogP contribution is 2.27. The third-order valence-corrected chi connectivity index (χ3v) is 4.94. The summed E-state index contributed by atoms with van der Waals surface area (Å²) < 4.78 is 13.2. The van der Waals surface area contributed by atoms with Crippen LogP contribution in [0.5, 0.6) is 5.75 Å². The lowest BCUT2D eigenvalue weighted by Gasteiger charge is -2.38. The Labute approximate surface area is 157 Å². The summed E-state index contributed by atoms with van der Waals surface area (Å²) in [6.07, 6.45) is 0. The van der Waals surface area contributed by atoms with Gasteiger partial charge in [0.05, 0.1) is 16.8 Å². The second-order valence-electron chi connectivity index (χ2n) is 6.31. The first-order chi connectivity index (χ1) is 12.5. The van der Waals surface area contributed by atoms with E-state index in [4.69, 9.17) is 11.6 Å². The Kier molecular flexibility index (Phi) is 5.64. The van der Waals surface area contributed by atoms with Gasteiger partial charge in [-0.15, -0.1) is 0 Å². The number of anilines is 2. The van der Waals surface area contributed by atoms with E-state index in [9.17, 15) is 14.3 Å². The van der Waals surface area contributed by atoms with Crippen LogP contribution in [0.1, 0.15) is 6.92 Å². The fraction of sp³-hybridized carbons (Fsp3) is 0.316. The van der Waals surface area contributed by atoms with Gasteiger partial charge in [-0.1, -0.05) is 23.7 Å². The van der Waals surface area contributed by atoms with Crippen molar-refractivity contribution in [3.05, 3.63) is 53.3 Å². The summed E-state index contributed by atoms with van der Waals surface area (Å²) in [5.41, 5.74) is 1.28. The third-order valence-electron chi connectivity index (χ3n) is 4.65. The topological polar surface area (TPSA) is 55.8 Å². The molecule has 1 aliphatic rings. The molecule has 0 spiro atoms. The molecule has 1 saturated heterocycles. The van der Waals surface area contributed by atoms with Gasteiger partial charge in [-0.25, -0.2) is 4.39 Å². The van der Waals surface area contributed by atoms with Gasteiger partial charge in [0.25, 0.3) is 0 Å². The van der Waals surface area contributed by atoms with Crippen molar-refractivity contribution < 1.29 is 14.3 Å². The fourth-order valence-electron chi connectivity index (χ4n) is 3.07. The van der Waals surface area contributed by atoms with E-state index in [1.165, 1.54) is 18.2 Å². The number of aromatic hydroxyl groups is 1. The predicted octanol–water partition coefficient (Wildman–Crippen LogP) is 3.33. The summed E-state index contributed by atoms with van der Waals surface area (Å²) in [5.74, 6) is -0.415. The van der Waals surface area contributed by atoms with Crippen LogP contribution in [0.15, 0.2) is 42.5 Å². The molecule has 3 rings (SSSR count). The minimum Gasteiger partial charge on any atom is -0.506 e. The molecule has 2 N–H and O–H groups in total. The lowest BCUT2D eigenvalue weighted by Crippen LogP contribution is -2.52. The van der Waals surface area contributed by atoms with Crippen molar-refractivity contribution in [2.24, 2.45) is 0 Å². The van der Waals surface area contributed by atoms with Crippen LogP contribution < -0.4 is 10.2 Å². The van der Waals surface area contributed by atoms with Gasteiger partial charge in [0, 0.05) is 31.9 Å². The minimum absolute atomic E-state index is 0.0215. The first kappa shape index (κ1) is 18.5. The first-order valence-corrected chi connectivity index (χ1v) is 8.86. The van der Waals surface area contributed by atoms with Crippen LogP contribution in [0.25, 0.3) is 0 Å². The standard InChI is InChI=1S/C19H21ClFN3O2/c1-13(19(26)22-14-6-7-16(21)15(20)12-14)23-8-10-24(11-9-23)17-4-2-3-5-18(17)25/h2-7,12-13,25H,8-11H2,1H3,(H,22,26). The molecule has 0 aliphatic carbocycles. The SMILES string of the molecule is CC(C(=O)Nc1ccc(F)c(Cl)c1)N1CCN(c2ccccc2O)CC1. The van der Waals surface area contributed by atoms with Crippen molar-refractivity contribution in [3.8, 4) is 5.75 Å². The van der Waals surface area contributed by atoms with Gasteiger partial charge in [-0.2, -0.15) is 0 Å². The summed E-state index contributed by atoms with van der Waals surface area (Å²) in [6.45, 7) is 4.69. The van der Waals surface area contributed by atoms with Crippen LogP contribution in [0.2, 0.25) is 5.02 Å². The van der Waals surface area contributed by atoms with E-state index in [2.05, 4.69) is 15.1 Å². The number of nitrogens with zero attached hydrogens (tertiary/aromatic N) is 2. The smallest absolute Gasteiger partial charge is 0.241 e. The molecule has 1 heterocycles. The quantitative estimate of drug-likeness (QED) is 0.858. The molecule has 1 fully saturated rings. The summed E-state index contributed by atoms with van der Waals surface area (Å²) in [6, 6.07) is 11.0. The molecule has 0 bridgehead atoms. The van der Waals surface area contributed by atoms with E-state index in [1.54, 1.807) is 12.1 Å². The maximum absolute atomic E-state index is 13.2. The number of benzene rings is 2. The molecule has 1 unspecified atom stereocenters. The fourth-order valence-corrected chi connectivity index (χ4v) is 3.25. The Balaban J connectivity index is 1.57. The van der Waals surface area contributed by atoms with Crippen molar-refractivity contribution in [3.63, 3.8) is 0 Å². The average Bonchev–Trinajstić information content (AvgIpc) is 2.65. The second kappa shape index (κ2) is 7.93. The van der Waals surface area contributed by atoms with E-state index in [0.717, 1.165) is 18.8 Å². The Morgan fingerprint density at radius 1 is 1.19 bits per heavy atom. The zero-order chi connectivity index (χ0) is 18.7. The van der Waals surface area contributed by atoms with Gasteiger partial charge in [-0.3, -0.25) is 9.69 Å². The maximum Gasteiger partial charge on any atom is 0.241 e. The predicted molar refractivity (Wildman–Crippen MR) is 101 cm³/mol. The highest BCUT2D eigenvalue weighted by molar-refractivity contribution is 6.31. The molecule has 2 aromatic rings. The molecule has 26 heavy (non-hydrogen) atoms. The van der Waals surface area contributed by atoms with Gasteiger partial charge in [-0.05, 0) is 37.3 Å². The van der Waals surface area contributed by atoms with Crippen LogP contribution in [0.3, 0.4) is 0 Å². The molecule has 1 amide bonds. The molecule has 7 heteroatoms. The molecular weight excluding hydrogens is 357 g/mol. The highest BCUT2D eigenvalue weighted by Gasteiger charge is 2.26. The molecule has 2 aromatic carbocycles. The van der Waals surface area contributed by atoms with Gasteiger partial charge in [0.15, 0.2) is 0 Å². The van der Waals surface area contributed by atoms with E-state index in [-0.39, 0.29) is 22.7 Å². The van der Waals surface area contributed by atoms with Crippen molar-refractivity contribution in [2.45, 2.75) is 13.0 Å². The number of carbonyl (C=O) groups is 1. The summed E-state index contributed by atoms with van der Waals surface area (Å²) in [7, 11) is 0. The molecule has 1 aliphatic heterocycles. The van der Waals surface area contributed by atoms with E-state index < -0.39 is 5.82 Å². The zero-order valence-electron chi connectivity index (χ0n) is 14.5. The van der Waals surface area contributed by atoms with Gasteiger partial charge >= 0.3 is 0 Å². The lowest BCUT2D eigenvalue weighted by atomic mass is 10.2. The van der Waals surface area contributed by atoms with E-state index in [0.29, 0.717) is 18.8 Å². The Morgan fingerprint density at radius 2 is 1.88 bits per heavy atom. The molecule has 1 atom stereocenters. The Morgan fingerprint density at radius 3 is 2.54 bits per heavy atom. The molecule has 0 radical (unpaired) electrons. The third kappa shape index (κ3) is 4.08. The number of nitrogens with one attached hydrogen (secondary N) is 1.